The number of ether oxygens (including phenoxy) is 1. The molecule has 0 aliphatic heterocycles. The lowest BCUT2D eigenvalue weighted by Gasteiger charge is -2.22. The second-order valence-electron chi connectivity index (χ2n) is 4.60. The molecule has 3 heteroatoms. The first-order chi connectivity index (χ1) is 8.42. The zero-order valence-electron chi connectivity index (χ0n) is 9.80. The van der Waals surface area contributed by atoms with Crippen molar-refractivity contribution in [2.45, 2.75) is 38.2 Å². The Morgan fingerprint density at radius 2 is 1.94 bits per heavy atom. The summed E-state index contributed by atoms with van der Waals surface area (Å²) >= 11 is 0. The van der Waals surface area contributed by atoms with Crippen molar-refractivity contribution in [3.63, 3.8) is 0 Å². The summed E-state index contributed by atoms with van der Waals surface area (Å²) in [5, 5.41) is 1.06. The van der Waals surface area contributed by atoms with Crippen molar-refractivity contribution < 1.29 is 4.74 Å². The van der Waals surface area contributed by atoms with E-state index in [4.69, 9.17) is 4.74 Å². The third-order valence-corrected chi connectivity index (χ3v) is 3.30. The Morgan fingerprint density at radius 1 is 1.06 bits per heavy atom. The van der Waals surface area contributed by atoms with Gasteiger partial charge in [-0.15, -0.1) is 0 Å². The Labute approximate surface area is 101 Å². The molecule has 0 N–H and O–H groups in total. The fraction of sp³-hybridized carbons (Fsp3) is 0.429. The van der Waals surface area contributed by atoms with Crippen molar-refractivity contribution in [3.8, 4) is 5.88 Å². The fourth-order valence-corrected chi connectivity index (χ4v) is 2.37. The van der Waals surface area contributed by atoms with Crippen molar-refractivity contribution in [2.24, 2.45) is 0 Å². The minimum atomic E-state index is 0.357. The van der Waals surface area contributed by atoms with Gasteiger partial charge in [0, 0.05) is 23.8 Å². The molecule has 1 fully saturated rings. The van der Waals surface area contributed by atoms with Gasteiger partial charge in [0.15, 0.2) is 0 Å². The molecule has 2 heterocycles. The van der Waals surface area contributed by atoms with Crippen molar-refractivity contribution in [2.75, 3.05) is 0 Å². The van der Waals surface area contributed by atoms with Crippen LogP contribution in [0.2, 0.25) is 0 Å². The standard InChI is InChI=1S/C14H16N2O/c1-2-4-12(5-3-1)17-14-7-6-11-10-15-9-8-13(11)16-14/h6-10,12H,1-5H2. The van der Waals surface area contributed by atoms with E-state index in [-0.39, 0.29) is 0 Å². The molecule has 1 saturated carbocycles. The van der Waals surface area contributed by atoms with Gasteiger partial charge in [-0.1, -0.05) is 6.42 Å². The first-order valence-electron chi connectivity index (χ1n) is 6.29. The van der Waals surface area contributed by atoms with Crippen LogP contribution in [0.3, 0.4) is 0 Å². The molecule has 0 spiro atoms. The molecule has 0 atom stereocenters. The van der Waals surface area contributed by atoms with E-state index in [1.165, 1.54) is 19.3 Å². The first kappa shape index (κ1) is 10.5. The molecule has 3 nitrogen and oxygen atoms in total. The van der Waals surface area contributed by atoms with Crippen molar-refractivity contribution in [1.29, 1.82) is 0 Å². The van der Waals surface area contributed by atoms with Gasteiger partial charge in [0.2, 0.25) is 5.88 Å². The molecule has 1 aliphatic rings. The molecular weight excluding hydrogens is 212 g/mol. The highest BCUT2D eigenvalue weighted by Gasteiger charge is 2.15. The predicted octanol–water partition coefficient (Wildman–Crippen LogP) is 3.34. The summed E-state index contributed by atoms with van der Waals surface area (Å²) in [5.41, 5.74) is 0.952. The lowest BCUT2D eigenvalue weighted by Crippen LogP contribution is -2.20. The zero-order valence-corrected chi connectivity index (χ0v) is 9.80. The summed E-state index contributed by atoms with van der Waals surface area (Å²) in [6.45, 7) is 0. The molecule has 3 rings (SSSR count). The summed E-state index contributed by atoms with van der Waals surface area (Å²) in [5.74, 6) is 0.746. The van der Waals surface area contributed by atoms with Crippen LogP contribution in [0.1, 0.15) is 32.1 Å². The Balaban J connectivity index is 1.80. The maximum atomic E-state index is 5.93. The van der Waals surface area contributed by atoms with E-state index >= 15 is 0 Å². The van der Waals surface area contributed by atoms with E-state index in [2.05, 4.69) is 9.97 Å². The van der Waals surface area contributed by atoms with Crippen molar-refractivity contribution in [3.05, 3.63) is 30.6 Å². The minimum Gasteiger partial charge on any atom is -0.474 e. The van der Waals surface area contributed by atoms with E-state index in [1.54, 1.807) is 6.20 Å². The molecule has 1 aliphatic carbocycles. The molecule has 17 heavy (non-hydrogen) atoms. The molecule has 0 radical (unpaired) electrons. The highest BCUT2D eigenvalue weighted by molar-refractivity contribution is 5.77. The SMILES string of the molecule is c1cc2nc(OC3CCCCC3)ccc2cn1. The highest BCUT2D eigenvalue weighted by atomic mass is 16.5. The van der Waals surface area contributed by atoms with Gasteiger partial charge in [0.05, 0.1) is 5.52 Å². The van der Waals surface area contributed by atoms with Crippen LogP contribution in [-0.4, -0.2) is 16.1 Å². The van der Waals surface area contributed by atoms with Gasteiger partial charge in [0.1, 0.15) is 6.10 Å². The fourth-order valence-electron chi connectivity index (χ4n) is 2.37. The zero-order chi connectivity index (χ0) is 11.5. The van der Waals surface area contributed by atoms with Crippen LogP contribution in [0.15, 0.2) is 30.6 Å². The molecule has 0 amide bonds. The average molecular weight is 228 g/mol. The van der Waals surface area contributed by atoms with E-state index in [0.29, 0.717) is 6.10 Å². The summed E-state index contributed by atoms with van der Waals surface area (Å²) in [6, 6.07) is 5.88. The van der Waals surface area contributed by atoms with Crippen LogP contribution in [0, 0.1) is 0 Å². The summed E-state index contributed by atoms with van der Waals surface area (Å²) in [7, 11) is 0. The van der Waals surface area contributed by atoms with Gasteiger partial charge < -0.3 is 4.74 Å². The monoisotopic (exact) mass is 228 g/mol. The molecule has 0 bridgehead atoms. The molecule has 0 unspecified atom stereocenters. The minimum absolute atomic E-state index is 0.357. The van der Waals surface area contributed by atoms with E-state index in [9.17, 15) is 0 Å². The summed E-state index contributed by atoms with van der Waals surface area (Å²) in [6.07, 6.45) is 10.2. The van der Waals surface area contributed by atoms with Gasteiger partial charge >= 0.3 is 0 Å². The molecule has 0 saturated heterocycles. The maximum Gasteiger partial charge on any atom is 0.214 e. The van der Waals surface area contributed by atoms with Crippen LogP contribution in [0.4, 0.5) is 0 Å². The third kappa shape index (κ3) is 2.38. The number of pyridine rings is 2. The first-order valence-corrected chi connectivity index (χ1v) is 6.29. The van der Waals surface area contributed by atoms with Crippen LogP contribution < -0.4 is 4.74 Å². The number of nitrogens with zero attached hydrogens (tertiary/aromatic N) is 2. The maximum absolute atomic E-state index is 5.93. The smallest absolute Gasteiger partial charge is 0.214 e. The molecule has 0 aromatic carbocycles. The van der Waals surface area contributed by atoms with E-state index in [0.717, 1.165) is 29.6 Å². The van der Waals surface area contributed by atoms with E-state index < -0.39 is 0 Å². The van der Waals surface area contributed by atoms with Gasteiger partial charge in [-0.25, -0.2) is 4.98 Å². The van der Waals surface area contributed by atoms with Crippen LogP contribution >= 0.6 is 0 Å². The quantitative estimate of drug-likeness (QED) is 0.790. The average Bonchev–Trinajstić information content (AvgIpc) is 2.40. The second-order valence-corrected chi connectivity index (χ2v) is 4.60. The normalized spacial score (nSPS) is 17.2. The third-order valence-electron chi connectivity index (χ3n) is 3.30. The second kappa shape index (κ2) is 4.70. The predicted molar refractivity (Wildman–Crippen MR) is 67.0 cm³/mol. The van der Waals surface area contributed by atoms with Crippen molar-refractivity contribution in [1.82, 2.24) is 9.97 Å². The number of rotatable bonds is 2. The topological polar surface area (TPSA) is 35.0 Å². The van der Waals surface area contributed by atoms with Crippen molar-refractivity contribution >= 4 is 10.9 Å². The van der Waals surface area contributed by atoms with Crippen LogP contribution in [0.5, 0.6) is 5.88 Å². The summed E-state index contributed by atoms with van der Waals surface area (Å²) < 4.78 is 5.93. The number of aromatic nitrogens is 2. The van der Waals surface area contributed by atoms with Gasteiger partial charge in [-0.3, -0.25) is 4.98 Å². The lowest BCUT2D eigenvalue weighted by molar-refractivity contribution is 0.149. The Bertz CT molecular complexity index is 506. The van der Waals surface area contributed by atoms with Gasteiger partial charge in [-0.2, -0.15) is 0 Å². The summed E-state index contributed by atoms with van der Waals surface area (Å²) in [4.78, 5) is 8.58. The number of hydrogen-bond donors (Lipinski definition) is 0. The number of fused-ring (bicyclic) bond motifs is 1. The molecule has 2 aromatic heterocycles. The highest BCUT2D eigenvalue weighted by Crippen LogP contribution is 2.23. The Hall–Kier alpha value is -1.64. The van der Waals surface area contributed by atoms with Crippen LogP contribution in [0.25, 0.3) is 10.9 Å². The Kier molecular flexibility index (Phi) is 2.90. The Morgan fingerprint density at radius 3 is 2.82 bits per heavy atom. The molecule has 88 valence electrons. The molecular formula is C14H16N2O. The van der Waals surface area contributed by atoms with Gasteiger partial charge in [0.25, 0.3) is 0 Å². The van der Waals surface area contributed by atoms with Crippen LogP contribution in [-0.2, 0) is 0 Å². The van der Waals surface area contributed by atoms with Gasteiger partial charge in [-0.05, 0) is 37.8 Å². The lowest BCUT2D eigenvalue weighted by atomic mass is 9.98. The number of hydrogen-bond acceptors (Lipinski definition) is 3. The largest absolute Gasteiger partial charge is 0.474 e. The van der Waals surface area contributed by atoms with E-state index in [1.807, 2.05) is 24.4 Å². The molecule has 2 aromatic rings.